The molecule has 0 saturated carbocycles. The van der Waals surface area contributed by atoms with Gasteiger partial charge in [0.15, 0.2) is 5.16 Å². The van der Waals surface area contributed by atoms with Crippen molar-refractivity contribution in [1.82, 2.24) is 9.97 Å². The molecule has 4 heteroatoms. The molecule has 0 amide bonds. The molecule has 1 aromatic carbocycles. The molecule has 2 nitrogen and oxygen atoms in total. The van der Waals surface area contributed by atoms with Crippen LogP contribution in [0.25, 0.3) is 0 Å². The Balaban J connectivity index is 2.02. The third-order valence-corrected chi connectivity index (χ3v) is 3.52. The molecule has 0 aliphatic heterocycles. The average Bonchev–Trinajstić information content (AvgIpc) is 2.69. The van der Waals surface area contributed by atoms with Gasteiger partial charge in [0.25, 0.3) is 0 Å². The Morgan fingerprint density at radius 1 is 1.36 bits per heavy atom. The van der Waals surface area contributed by atoms with Crippen molar-refractivity contribution in [3.8, 4) is 0 Å². The molecular weight excluding hydrogens is 260 g/mol. The number of halogens is 1. The van der Waals surface area contributed by atoms with E-state index in [2.05, 4.69) is 38.0 Å². The molecular formula is C10H9BrN2S. The van der Waals surface area contributed by atoms with E-state index in [4.69, 9.17) is 0 Å². The van der Waals surface area contributed by atoms with Crippen LogP contribution in [-0.2, 0) is 5.75 Å². The second kappa shape index (κ2) is 4.66. The van der Waals surface area contributed by atoms with Gasteiger partial charge < -0.3 is 4.98 Å². The number of H-pyrrole nitrogens is 1. The summed E-state index contributed by atoms with van der Waals surface area (Å²) in [6, 6.07) is 8.23. The van der Waals surface area contributed by atoms with Gasteiger partial charge in [0.1, 0.15) is 0 Å². The number of thioether (sulfide) groups is 1. The van der Waals surface area contributed by atoms with Gasteiger partial charge in [-0.25, -0.2) is 4.98 Å². The van der Waals surface area contributed by atoms with Crippen molar-refractivity contribution < 1.29 is 0 Å². The lowest BCUT2D eigenvalue weighted by Crippen LogP contribution is -1.82. The van der Waals surface area contributed by atoms with E-state index in [1.54, 1.807) is 18.0 Å². The molecule has 0 radical (unpaired) electrons. The second-order valence-corrected chi connectivity index (χ2v) is 4.59. The minimum Gasteiger partial charge on any atom is -0.340 e. The van der Waals surface area contributed by atoms with Gasteiger partial charge in [0.05, 0.1) is 0 Å². The number of nitrogens with zero attached hydrogens (tertiary/aromatic N) is 1. The minimum absolute atomic E-state index is 0.926. The SMILES string of the molecule is Brc1ccccc1CSc1ncc[nH]1. The summed E-state index contributed by atoms with van der Waals surface area (Å²) in [5.74, 6) is 0.926. The molecule has 1 heterocycles. The maximum atomic E-state index is 4.15. The summed E-state index contributed by atoms with van der Waals surface area (Å²) >= 11 is 5.21. The first-order chi connectivity index (χ1) is 6.86. The van der Waals surface area contributed by atoms with Gasteiger partial charge in [-0.2, -0.15) is 0 Å². The fourth-order valence-corrected chi connectivity index (χ4v) is 2.53. The van der Waals surface area contributed by atoms with Crippen LogP contribution in [0.2, 0.25) is 0 Å². The van der Waals surface area contributed by atoms with Crippen LogP contribution in [0.1, 0.15) is 5.56 Å². The van der Waals surface area contributed by atoms with Gasteiger partial charge in [-0.1, -0.05) is 45.9 Å². The molecule has 0 bridgehead atoms. The van der Waals surface area contributed by atoms with E-state index in [0.717, 1.165) is 15.4 Å². The second-order valence-electron chi connectivity index (χ2n) is 2.77. The predicted molar refractivity (Wildman–Crippen MR) is 62.3 cm³/mol. The highest BCUT2D eigenvalue weighted by Crippen LogP contribution is 2.24. The normalized spacial score (nSPS) is 10.4. The number of aromatic amines is 1. The number of nitrogens with one attached hydrogen (secondary N) is 1. The Bertz CT molecular complexity index is 400. The summed E-state index contributed by atoms with van der Waals surface area (Å²) in [6.07, 6.45) is 3.60. The monoisotopic (exact) mass is 268 g/mol. The summed E-state index contributed by atoms with van der Waals surface area (Å²) in [6.45, 7) is 0. The highest BCUT2D eigenvalue weighted by atomic mass is 79.9. The molecule has 0 unspecified atom stereocenters. The van der Waals surface area contributed by atoms with Crippen LogP contribution in [0.15, 0.2) is 46.3 Å². The Kier molecular flexibility index (Phi) is 3.26. The Morgan fingerprint density at radius 2 is 2.21 bits per heavy atom. The zero-order valence-corrected chi connectivity index (χ0v) is 9.81. The molecule has 1 aromatic heterocycles. The molecule has 0 fully saturated rings. The van der Waals surface area contributed by atoms with Crippen molar-refractivity contribution in [1.29, 1.82) is 0 Å². The molecule has 1 N–H and O–H groups in total. The van der Waals surface area contributed by atoms with Gasteiger partial charge in [-0.15, -0.1) is 0 Å². The maximum absolute atomic E-state index is 4.15. The van der Waals surface area contributed by atoms with Crippen LogP contribution in [0, 0.1) is 0 Å². The number of benzene rings is 1. The van der Waals surface area contributed by atoms with Crippen LogP contribution in [-0.4, -0.2) is 9.97 Å². The van der Waals surface area contributed by atoms with E-state index in [0.29, 0.717) is 0 Å². The summed E-state index contributed by atoms with van der Waals surface area (Å²) in [5.41, 5.74) is 1.29. The summed E-state index contributed by atoms with van der Waals surface area (Å²) in [7, 11) is 0. The minimum atomic E-state index is 0.926. The molecule has 2 rings (SSSR count). The van der Waals surface area contributed by atoms with Crippen molar-refractivity contribution >= 4 is 27.7 Å². The number of imidazole rings is 1. The Morgan fingerprint density at radius 3 is 2.93 bits per heavy atom. The lowest BCUT2D eigenvalue weighted by molar-refractivity contribution is 1.06. The molecule has 2 aromatic rings. The molecule has 0 aliphatic rings. The highest BCUT2D eigenvalue weighted by Gasteiger charge is 2.00. The van der Waals surface area contributed by atoms with Gasteiger partial charge in [0, 0.05) is 22.6 Å². The van der Waals surface area contributed by atoms with Crippen LogP contribution < -0.4 is 0 Å². The lowest BCUT2D eigenvalue weighted by atomic mass is 10.2. The molecule has 72 valence electrons. The first-order valence-electron chi connectivity index (χ1n) is 4.22. The zero-order chi connectivity index (χ0) is 9.80. The van der Waals surface area contributed by atoms with Crippen LogP contribution in [0.3, 0.4) is 0 Å². The van der Waals surface area contributed by atoms with Crippen molar-refractivity contribution in [2.24, 2.45) is 0 Å². The largest absolute Gasteiger partial charge is 0.340 e. The first kappa shape index (κ1) is 9.80. The fourth-order valence-electron chi connectivity index (χ4n) is 1.09. The van der Waals surface area contributed by atoms with Gasteiger partial charge in [-0.3, -0.25) is 0 Å². The van der Waals surface area contributed by atoms with E-state index < -0.39 is 0 Å². The summed E-state index contributed by atoms with van der Waals surface area (Å²) in [4.78, 5) is 7.22. The fraction of sp³-hybridized carbons (Fsp3) is 0.100. The van der Waals surface area contributed by atoms with Gasteiger partial charge in [0.2, 0.25) is 0 Å². The predicted octanol–water partition coefficient (Wildman–Crippen LogP) is 3.46. The number of rotatable bonds is 3. The van der Waals surface area contributed by atoms with Crippen molar-refractivity contribution in [3.63, 3.8) is 0 Å². The molecule has 14 heavy (non-hydrogen) atoms. The number of hydrogen-bond donors (Lipinski definition) is 1. The van der Waals surface area contributed by atoms with E-state index in [1.165, 1.54) is 5.56 Å². The van der Waals surface area contributed by atoms with Crippen LogP contribution in [0.4, 0.5) is 0 Å². The van der Waals surface area contributed by atoms with E-state index >= 15 is 0 Å². The standard InChI is InChI=1S/C10H9BrN2S/c11-9-4-2-1-3-8(9)7-14-10-12-5-6-13-10/h1-6H,7H2,(H,12,13). The smallest absolute Gasteiger partial charge is 0.165 e. The quantitative estimate of drug-likeness (QED) is 0.864. The van der Waals surface area contributed by atoms with Crippen LogP contribution >= 0.6 is 27.7 Å². The average molecular weight is 269 g/mol. The summed E-state index contributed by atoms with van der Waals surface area (Å²) in [5, 5.41) is 0.959. The maximum Gasteiger partial charge on any atom is 0.165 e. The molecule has 0 spiro atoms. The lowest BCUT2D eigenvalue weighted by Gasteiger charge is -2.01. The topological polar surface area (TPSA) is 28.7 Å². The van der Waals surface area contributed by atoms with Gasteiger partial charge >= 0.3 is 0 Å². The van der Waals surface area contributed by atoms with E-state index in [1.807, 2.05) is 18.3 Å². The number of aromatic nitrogens is 2. The van der Waals surface area contributed by atoms with Crippen molar-refractivity contribution in [3.05, 3.63) is 46.7 Å². The van der Waals surface area contributed by atoms with E-state index in [9.17, 15) is 0 Å². The van der Waals surface area contributed by atoms with Gasteiger partial charge in [-0.05, 0) is 11.6 Å². The van der Waals surface area contributed by atoms with E-state index in [-0.39, 0.29) is 0 Å². The first-order valence-corrected chi connectivity index (χ1v) is 6.00. The van der Waals surface area contributed by atoms with Crippen molar-refractivity contribution in [2.45, 2.75) is 10.9 Å². The third kappa shape index (κ3) is 2.39. The Labute approximate surface area is 95.3 Å². The highest BCUT2D eigenvalue weighted by molar-refractivity contribution is 9.10. The third-order valence-electron chi connectivity index (χ3n) is 1.80. The molecule has 0 atom stereocenters. The van der Waals surface area contributed by atoms with Crippen molar-refractivity contribution in [2.75, 3.05) is 0 Å². The zero-order valence-electron chi connectivity index (χ0n) is 7.40. The molecule has 0 aliphatic carbocycles. The van der Waals surface area contributed by atoms with Crippen LogP contribution in [0.5, 0.6) is 0 Å². The molecule has 0 saturated heterocycles. The Hall–Kier alpha value is -0.740. The number of hydrogen-bond acceptors (Lipinski definition) is 2. The summed E-state index contributed by atoms with van der Waals surface area (Å²) < 4.78 is 1.15.